The molecule has 0 aliphatic carbocycles. The molecule has 0 spiro atoms. The SMILES string of the molecule is O=C1Cc2cnc(Nc3ccc(F)cc3)nc2N1[C@@H]1CCCNC1. The molecular weight excluding hydrogens is 309 g/mol. The number of amides is 1. The van der Waals surface area contributed by atoms with Gasteiger partial charge in [-0.1, -0.05) is 0 Å². The molecule has 6 nitrogen and oxygen atoms in total. The number of nitrogens with zero attached hydrogens (tertiary/aromatic N) is 3. The predicted molar refractivity (Wildman–Crippen MR) is 88.8 cm³/mol. The van der Waals surface area contributed by atoms with Crippen molar-refractivity contribution in [1.82, 2.24) is 15.3 Å². The van der Waals surface area contributed by atoms with E-state index in [0.717, 1.165) is 31.5 Å². The Kier molecular flexibility index (Phi) is 3.86. The molecule has 1 aromatic heterocycles. The minimum absolute atomic E-state index is 0.0759. The number of hydrogen-bond donors (Lipinski definition) is 2. The molecule has 1 saturated heterocycles. The van der Waals surface area contributed by atoms with Crippen LogP contribution in [0.1, 0.15) is 18.4 Å². The van der Waals surface area contributed by atoms with Crippen LogP contribution in [0.4, 0.5) is 21.8 Å². The number of piperidine rings is 1. The standard InChI is InChI=1S/C17H18FN5O/c18-12-3-5-13(6-4-12)21-17-20-9-11-8-15(24)23(16(11)22-17)14-2-1-7-19-10-14/h3-6,9,14,19H,1-2,7-8,10H2,(H,20,21,22)/t14-/m1/s1. The number of carbonyl (C=O) groups excluding carboxylic acids is 1. The topological polar surface area (TPSA) is 70.2 Å². The third-order valence-electron chi connectivity index (χ3n) is 4.42. The van der Waals surface area contributed by atoms with E-state index >= 15 is 0 Å². The van der Waals surface area contributed by atoms with Crippen molar-refractivity contribution >= 4 is 23.4 Å². The molecule has 2 aliphatic rings. The summed E-state index contributed by atoms with van der Waals surface area (Å²) < 4.78 is 13.0. The summed E-state index contributed by atoms with van der Waals surface area (Å²) in [5.41, 5.74) is 1.56. The van der Waals surface area contributed by atoms with Gasteiger partial charge in [-0.2, -0.15) is 4.98 Å². The van der Waals surface area contributed by atoms with Crippen LogP contribution < -0.4 is 15.5 Å². The maximum Gasteiger partial charge on any atom is 0.233 e. The Morgan fingerprint density at radius 2 is 2.12 bits per heavy atom. The molecule has 2 N–H and O–H groups in total. The molecule has 4 rings (SSSR count). The second-order valence-electron chi connectivity index (χ2n) is 6.12. The van der Waals surface area contributed by atoms with Crippen molar-refractivity contribution in [2.24, 2.45) is 0 Å². The molecule has 0 bridgehead atoms. The van der Waals surface area contributed by atoms with Crippen LogP contribution in [0.5, 0.6) is 0 Å². The smallest absolute Gasteiger partial charge is 0.233 e. The first-order valence-corrected chi connectivity index (χ1v) is 8.12. The van der Waals surface area contributed by atoms with E-state index in [4.69, 9.17) is 0 Å². The molecule has 0 unspecified atom stereocenters. The molecule has 1 aromatic carbocycles. The molecule has 1 fully saturated rings. The normalized spacial score (nSPS) is 20.1. The summed E-state index contributed by atoms with van der Waals surface area (Å²) >= 11 is 0. The summed E-state index contributed by atoms with van der Waals surface area (Å²) in [5.74, 6) is 0.876. The van der Waals surface area contributed by atoms with E-state index in [-0.39, 0.29) is 17.8 Å². The number of carbonyl (C=O) groups is 1. The second kappa shape index (κ2) is 6.16. The fraction of sp³-hybridized carbons (Fsp3) is 0.353. The van der Waals surface area contributed by atoms with E-state index in [0.29, 0.717) is 23.9 Å². The average molecular weight is 327 g/mol. The Balaban J connectivity index is 1.60. The Labute approximate surface area is 139 Å². The largest absolute Gasteiger partial charge is 0.324 e. The summed E-state index contributed by atoms with van der Waals surface area (Å²) in [4.78, 5) is 23.0. The zero-order valence-electron chi connectivity index (χ0n) is 13.1. The molecule has 7 heteroatoms. The predicted octanol–water partition coefficient (Wildman–Crippen LogP) is 2.00. The van der Waals surface area contributed by atoms with Crippen molar-refractivity contribution in [2.45, 2.75) is 25.3 Å². The van der Waals surface area contributed by atoms with Crippen LogP contribution in [0.3, 0.4) is 0 Å². The van der Waals surface area contributed by atoms with Crippen LogP contribution in [0.25, 0.3) is 0 Å². The number of anilines is 3. The first-order valence-electron chi connectivity index (χ1n) is 8.12. The van der Waals surface area contributed by atoms with Gasteiger partial charge in [-0.3, -0.25) is 9.69 Å². The number of fused-ring (bicyclic) bond motifs is 1. The van der Waals surface area contributed by atoms with Crippen LogP contribution in [-0.2, 0) is 11.2 Å². The quantitative estimate of drug-likeness (QED) is 0.902. The van der Waals surface area contributed by atoms with E-state index in [1.807, 2.05) is 0 Å². The van der Waals surface area contributed by atoms with Crippen molar-refractivity contribution in [2.75, 3.05) is 23.3 Å². The third-order valence-corrected chi connectivity index (χ3v) is 4.42. The number of halogens is 1. The minimum atomic E-state index is -0.294. The summed E-state index contributed by atoms with van der Waals surface area (Å²) in [6, 6.07) is 6.14. The summed E-state index contributed by atoms with van der Waals surface area (Å²) in [7, 11) is 0. The van der Waals surface area contributed by atoms with Crippen LogP contribution in [0.15, 0.2) is 30.5 Å². The van der Waals surface area contributed by atoms with E-state index < -0.39 is 0 Å². The van der Waals surface area contributed by atoms with Crippen molar-refractivity contribution < 1.29 is 9.18 Å². The van der Waals surface area contributed by atoms with Gasteiger partial charge in [0.2, 0.25) is 11.9 Å². The Morgan fingerprint density at radius 1 is 1.29 bits per heavy atom. The number of nitrogens with one attached hydrogen (secondary N) is 2. The number of benzene rings is 1. The van der Waals surface area contributed by atoms with E-state index in [1.54, 1.807) is 23.2 Å². The third kappa shape index (κ3) is 2.82. The second-order valence-corrected chi connectivity index (χ2v) is 6.12. The highest BCUT2D eigenvalue weighted by Crippen LogP contribution is 2.31. The molecule has 3 heterocycles. The number of aromatic nitrogens is 2. The lowest BCUT2D eigenvalue weighted by atomic mass is 10.1. The average Bonchev–Trinajstić information content (AvgIpc) is 2.93. The molecule has 0 saturated carbocycles. The van der Waals surface area contributed by atoms with Gasteiger partial charge in [0.25, 0.3) is 0 Å². The maximum atomic E-state index is 13.0. The van der Waals surface area contributed by atoms with Gasteiger partial charge in [-0.05, 0) is 43.7 Å². The molecule has 2 aromatic rings. The van der Waals surface area contributed by atoms with Crippen molar-refractivity contribution in [3.63, 3.8) is 0 Å². The van der Waals surface area contributed by atoms with E-state index in [9.17, 15) is 9.18 Å². The van der Waals surface area contributed by atoms with Crippen LogP contribution in [-0.4, -0.2) is 35.0 Å². The van der Waals surface area contributed by atoms with E-state index in [2.05, 4.69) is 20.6 Å². The highest BCUT2D eigenvalue weighted by molar-refractivity contribution is 6.00. The van der Waals surface area contributed by atoms with Gasteiger partial charge in [0.1, 0.15) is 11.6 Å². The molecule has 2 aliphatic heterocycles. The highest BCUT2D eigenvalue weighted by atomic mass is 19.1. The molecule has 24 heavy (non-hydrogen) atoms. The van der Waals surface area contributed by atoms with Crippen LogP contribution in [0, 0.1) is 5.82 Å². The van der Waals surface area contributed by atoms with Gasteiger partial charge in [0, 0.05) is 24.0 Å². The van der Waals surface area contributed by atoms with Crippen LogP contribution in [0.2, 0.25) is 0 Å². The Hall–Kier alpha value is -2.54. The lowest BCUT2D eigenvalue weighted by Crippen LogP contribution is -2.47. The Bertz CT molecular complexity index is 758. The van der Waals surface area contributed by atoms with Crippen molar-refractivity contribution in [1.29, 1.82) is 0 Å². The molecular formula is C17H18FN5O. The molecule has 1 amide bonds. The van der Waals surface area contributed by atoms with Gasteiger partial charge in [0.05, 0.1) is 12.5 Å². The van der Waals surface area contributed by atoms with Gasteiger partial charge < -0.3 is 10.6 Å². The van der Waals surface area contributed by atoms with Gasteiger partial charge in [0.15, 0.2) is 0 Å². The molecule has 124 valence electrons. The fourth-order valence-electron chi connectivity index (χ4n) is 3.25. The molecule has 0 radical (unpaired) electrons. The zero-order chi connectivity index (χ0) is 16.5. The number of rotatable bonds is 3. The number of hydrogen-bond acceptors (Lipinski definition) is 5. The Morgan fingerprint density at radius 3 is 2.88 bits per heavy atom. The summed E-state index contributed by atoms with van der Waals surface area (Å²) in [5, 5.41) is 6.39. The zero-order valence-corrected chi connectivity index (χ0v) is 13.1. The van der Waals surface area contributed by atoms with Crippen molar-refractivity contribution in [3.05, 3.63) is 41.8 Å². The fourth-order valence-corrected chi connectivity index (χ4v) is 3.25. The van der Waals surface area contributed by atoms with E-state index in [1.165, 1.54) is 12.1 Å². The molecule has 1 atom stereocenters. The lowest BCUT2D eigenvalue weighted by Gasteiger charge is -2.31. The lowest BCUT2D eigenvalue weighted by molar-refractivity contribution is -0.117. The monoisotopic (exact) mass is 327 g/mol. The van der Waals surface area contributed by atoms with Gasteiger partial charge in [-0.25, -0.2) is 9.37 Å². The summed E-state index contributed by atoms with van der Waals surface area (Å²) in [6.07, 6.45) is 4.07. The summed E-state index contributed by atoms with van der Waals surface area (Å²) in [6.45, 7) is 1.78. The van der Waals surface area contributed by atoms with Crippen LogP contribution >= 0.6 is 0 Å². The van der Waals surface area contributed by atoms with Crippen molar-refractivity contribution in [3.8, 4) is 0 Å². The maximum absolute atomic E-state index is 13.0. The minimum Gasteiger partial charge on any atom is -0.324 e. The van der Waals surface area contributed by atoms with Gasteiger partial charge in [-0.15, -0.1) is 0 Å². The first-order chi connectivity index (χ1) is 11.7. The highest BCUT2D eigenvalue weighted by Gasteiger charge is 2.35. The first kappa shape index (κ1) is 15.0. The van der Waals surface area contributed by atoms with Gasteiger partial charge >= 0.3 is 0 Å².